The molecule has 3 amide bonds. The molecule has 0 radical (unpaired) electrons. The molecule has 1 aromatic rings. The minimum absolute atomic E-state index is 0.0487. The highest BCUT2D eigenvalue weighted by Gasteiger charge is 2.36. The van der Waals surface area contributed by atoms with E-state index in [-0.39, 0.29) is 30.2 Å². The first kappa shape index (κ1) is 28.0. The number of carbonyl (C=O) groups is 3. The lowest BCUT2D eigenvalue weighted by molar-refractivity contribution is -0.142. The lowest BCUT2D eigenvalue weighted by atomic mass is 9.99. The Hall–Kier alpha value is -3.03. The molecule has 8 heteroatoms. The van der Waals surface area contributed by atoms with Crippen molar-refractivity contribution in [1.29, 1.82) is 0 Å². The number of carbonyl (C=O) groups excluding carboxylic acids is 3. The molecule has 184 valence electrons. The molecule has 0 saturated carbocycles. The second-order valence-corrected chi connectivity index (χ2v) is 9.76. The molecule has 0 aliphatic heterocycles. The minimum atomic E-state index is -0.978. The number of phenolic OH excluding ortho intramolecular Hbond substituents is 1. The van der Waals surface area contributed by atoms with E-state index < -0.39 is 29.7 Å². The van der Waals surface area contributed by atoms with Crippen LogP contribution in [0.2, 0.25) is 0 Å². The molecule has 0 bridgehead atoms. The summed E-state index contributed by atoms with van der Waals surface area (Å²) in [5.74, 6) is -0.651. The second-order valence-electron chi connectivity index (χ2n) is 9.76. The molecule has 8 nitrogen and oxygen atoms in total. The first-order chi connectivity index (χ1) is 15.2. The van der Waals surface area contributed by atoms with E-state index in [1.807, 2.05) is 27.7 Å². The van der Waals surface area contributed by atoms with Crippen LogP contribution in [0.5, 0.6) is 5.75 Å². The van der Waals surface area contributed by atoms with Crippen molar-refractivity contribution in [3.8, 4) is 5.75 Å². The fraction of sp³-hybridized carbons (Fsp3) is 0.560. The highest BCUT2D eigenvalue weighted by atomic mass is 16.6. The summed E-state index contributed by atoms with van der Waals surface area (Å²) < 4.78 is 5.35. The van der Waals surface area contributed by atoms with Gasteiger partial charge in [0.2, 0.25) is 11.8 Å². The summed E-state index contributed by atoms with van der Waals surface area (Å²) in [7, 11) is 0. The Kier molecular flexibility index (Phi) is 10.4. The largest absolute Gasteiger partial charge is 0.508 e. The summed E-state index contributed by atoms with van der Waals surface area (Å²) in [5.41, 5.74) is -0.191. The molecule has 0 aliphatic rings. The van der Waals surface area contributed by atoms with Crippen LogP contribution >= 0.6 is 0 Å². The maximum Gasteiger partial charge on any atom is 0.408 e. The van der Waals surface area contributed by atoms with E-state index in [0.29, 0.717) is 12.0 Å². The van der Waals surface area contributed by atoms with Crippen LogP contribution < -0.4 is 10.6 Å². The SMILES string of the molecule is C=CCN(C(=O)C(CC(C)C)NC(=O)OC(C)(C)C)C(C(=O)NC(C)C)c1ccc(O)cc1. The molecule has 0 fully saturated rings. The third-order valence-corrected chi connectivity index (χ3v) is 4.50. The lowest BCUT2D eigenvalue weighted by Crippen LogP contribution is -2.53. The number of aromatic hydroxyl groups is 1. The van der Waals surface area contributed by atoms with Gasteiger partial charge in [-0.05, 0) is 64.7 Å². The van der Waals surface area contributed by atoms with Crippen LogP contribution in [0.15, 0.2) is 36.9 Å². The number of ether oxygens (including phenoxy) is 1. The van der Waals surface area contributed by atoms with E-state index in [9.17, 15) is 19.5 Å². The molecule has 0 spiro atoms. The van der Waals surface area contributed by atoms with E-state index in [1.165, 1.54) is 23.1 Å². The third kappa shape index (κ3) is 9.55. The molecule has 0 aromatic heterocycles. The normalized spacial score (nSPS) is 13.2. The molecular weight excluding hydrogens is 422 g/mol. The quantitative estimate of drug-likeness (QED) is 0.458. The zero-order valence-electron chi connectivity index (χ0n) is 20.8. The van der Waals surface area contributed by atoms with Gasteiger partial charge in [0.25, 0.3) is 0 Å². The van der Waals surface area contributed by atoms with Gasteiger partial charge in [0.05, 0.1) is 0 Å². The number of alkyl carbamates (subject to hydrolysis) is 1. The van der Waals surface area contributed by atoms with Gasteiger partial charge in [-0.3, -0.25) is 9.59 Å². The van der Waals surface area contributed by atoms with E-state index >= 15 is 0 Å². The van der Waals surface area contributed by atoms with Gasteiger partial charge < -0.3 is 25.4 Å². The molecule has 33 heavy (non-hydrogen) atoms. The van der Waals surface area contributed by atoms with Crippen LogP contribution in [0, 0.1) is 5.92 Å². The van der Waals surface area contributed by atoms with Crippen LogP contribution in [-0.4, -0.2) is 52.1 Å². The summed E-state index contributed by atoms with van der Waals surface area (Å²) in [6.45, 7) is 16.6. The molecule has 1 rings (SSSR count). The number of rotatable bonds is 10. The third-order valence-electron chi connectivity index (χ3n) is 4.50. The number of hydrogen-bond donors (Lipinski definition) is 3. The molecule has 0 heterocycles. The van der Waals surface area contributed by atoms with Gasteiger partial charge in [-0.15, -0.1) is 6.58 Å². The van der Waals surface area contributed by atoms with Gasteiger partial charge in [0, 0.05) is 12.6 Å². The zero-order chi connectivity index (χ0) is 25.3. The Morgan fingerprint density at radius 1 is 1.09 bits per heavy atom. The number of nitrogens with one attached hydrogen (secondary N) is 2. The first-order valence-corrected chi connectivity index (χ1v) is 11.2. The maximum absolute atomic E-state index is 13.7. The van der Waals surface area contributed by atoms with E-state index in [2.05, 4.69) is 17.2 Å². The topological polar surface area (TPSA) is 108 Å². The van der Waals surface area contributed by atoms with Crippen molar-refractivity contribution in [2.75, 3.05) is 6.54 Å². The summed E-state index contributed by atoms with van der Waals surface area (Å²) in [6.07, 6.45) is 1.20. The second kappa shape index (κ2) is 12.3. The monoisotopic (exact) mass is 461 g/mol. The average molecular weight is 462 g/mol. The first-order valence-electron chi connectivity index (χ1n) is 11.2. The molecule has 0 aliphatic carbocycles. The number of phenols is 1. The predicted octanol–water partition coefficient (Wildman–Crippen LogP) is 3.91. The standard InChI is InChI=1S/C25H39N3O5/c1-9-14-28(21(22(30)26-17(4)5)18-10-12-19(29)13-11-18)23(31)20(15-16(2)3)27-24(32)33-25(6,7)8/h9-13,16-17,20-21,29H,1,14-15H2,2-8H3,(H,26,30)(H,27,32). The Labute approximate surface area is 197 Å². The van der Waals surface area contributed by atoms with Crippen LogP contribution in [0.4, 0.5) is 4.79 Å². The van der Waals surface area contributed by atoms with Crippen molar-refractivity contribution in [2.24, 2.45) is 5.92 Å². The van der Waals surface area contributed by atoms with Crippen LogP contribution in [0.25, 0.3) is 0 Å². The molecular formula is C25H39N3O5. The van der Waals surface area contributed by atoms with Gasteiger partial charge >= 0.3 is 6.09 Å². The van der Waals surface area contributed by atoms with Crippen molar-refractivity contribution >= 4 is 17.9 Å². The van der Waals surface area contributed by atoms with Gasteiger partial charge in [-0.1, -0.05) is 32.1 Å². The maximum atomic E-state index is 13.7. The zero-order valence-corrected chi connectivity index (χ0v) is 20.8. The number of amides is 3. The molecule has 2 atom stereocenters. The summed E-state index contributed by atoms with van der Waals surface area (Å²) in [4.78, 5) is 40.8. The Morgan fingerprint density at radius 2 is 1.67 bits per heavy atom. The number of benzene rings is 1. The highest BCUT2D eigenvalue weighted by molar-refractivity contribution is 5.92. The molecule has 3 N–H and O–H groups in total. The van der Waals surface area contributed by atoms with E-state index in [4.69, 9.17) is 4.74 Å². The smallest absolute Gasteiger partial charge is 0.408 e. The van der Waals surface area contributed by atoms with Gasteiger partial charge in [-0.25, -0.2) is 4.79 Å². The molecule has 1 aromatic carbocycles. The fourth-order valence-corrected chi connectivity index (χ4v) is 3.30. The van der Waals surface area contributed by atoms with Crippen molar-refractivity contribution in [3.63, 3.8) is 0 Å². The van der Waals surface area contributed by atoms with Crippen LogP contribution in [-0.2, 0) is 14.3 Å². The Morgan fingerprint density at radius 3 is 2.12 bits per heavy atom. The minimum Gasteiger partial charge on any atom is -0.508 e. The highest BCUT2D eigenvalue weighted by Crippen LogP contribution is 2.25. The lowest BCUT2D eigenvalue weighted by Gasteiger charge is -2.34. The fourth-order valence-electron chi connectivity index (χ4n) is 3.30. The Bertz CT molecular complexity index is 812. The number of nitrogens with zero attached hydrogens (tertiary/aromatic N) is 1. The van der Waals surface area contributed by atoms with Gasteiger partial charge in [0.1, 0.15) is 23.4 Å². The van der Waals surface area contributed by atoms with Gasteiger partial charge in [-0.2, -0.15) is 0 Å². The van der Waals surface area contributed by atoms with Crippen LogP contribution in [0.3, 0.4) is 0 Å². The van der Waals surface area contributed by atoms with E-state index in [0.717, 1.165) is 0 Å². The summed E-state index contributed by atoms with van der Waals surface area (Å²) >= 11 is 0. The summed E-state index contributed by atoms with van der Waals surface area (Å²) in [5, 5.41) is 15.2. The van der Waals surface area contributed by atoms with Crippen molar-refractivity contribution in [3.05, 3.63) is 42.5 Å². The van der Waals surface area contributed by atoms with Crippen molar-refractivity contribution in [1.82, 2.24) is 15.5 Å². The van der Waals surface area contributed by atoms with E-state index in [1.54, 1.807) is 32.9 Å². The number of hydrogen-bond acceptors (Lipinski definition) is 5. The van der Waals surface area contributed by atoms with Crippen LogP contribution in [0.1, 0.15) is 66.5 Å². The predicted molar refractivity (Wildman–Crippen MR) is 129 cm³/mol. The molecule has 0 saturated heterocycles. The average Bonchev–Trinajstić information content (AvgIpc) is 2.65. The van der Waals surface area contributed by atoms with Crippen molar-refractivity contribution < 1.29 is 24.2 Å². The summed E-state index contributed by atoms with van der Waals surface area (Å²) in [6, 6.07) is 4.10. The van der Waals surface area contributed by atoms with Crippen molar-refractivity contribution in [2.45, 2.75) is 78.6 Å². The molecule has 2 unspecified atom stereocenters. The Balaban J connectivity index is 3.39. The van der Waals surface area contributed by atoms with Gasteiger partial charge in [0.15, 0.2) is 0 Å².